The van der Waals surface area contributed by atoms with Crippen LogP contribution in [0.3, 0.4) is 0 Å². The van der Waals surface area contributed by atoms with Gasteiger partial charge in [-0.05, 0) is 61.9 Å². The van der Waals surface area contributed by atoms with Gasteiger partial charge < -0.3 is 14.8 Å². The maximum Gasteiger partial charge on any atom is 0.175 e. The lowest BCUT2D eigenvalue weighted by atomic mass is 10.1. The summed E-state index contributed by atoms with van der Waals surface area (Å²) >= 11 is 0. The maximum atomic E-state index is 12.0. The Morgan fingerprint density at radius 1 is 0.912 bits per heavy atom. The molecule has 4 aromatic rings. The summed E-state index contributed by atoms with van der Waals surface area (Å²) < 4.78 is 35.5. The van der Waals surface area contributed by atoms with E-state index in [-0.39, 0.29) is 4.90 Å². The van der Waals surface area contributed by atoms with Gasteiger partial charge in [-0.15, -0.1) is 0 Å². The van der Waals surface area contributed by atoms with E-state index in [4.69, 9.17) is 14.5 Å². The monoisotopic (exact) mass is 476 g/mol. The van der Waals surface area contributed by atoms with Crippen molar-refractivity contribution >= 4 is 21.3 Å². The van der Waals surface area contributed by atoms with Crippen LogP contribution >= 0.6 is 0 Å². The average molecular weight is 477 g/mol. The zero-order chi connectivity index (χ0) is 24.3. The van der Waals surface area contributed by atoms with Gasteiger partial charge in [-0.2, -0.15) is 0 Å². The molecule has 0 bridgehead atoms. The van der Waals surface area contributed by atoms with Gasteiger partial charge in [0.2, 0.25) is 0 Å². The molecule has 9 heteroatoms. The number of nitrogens with zero attached hydrogens (tertiary/aromatic N) is 3. The summed E-state index contributed by atoms with van der Waals surface area (Å²) in [5, 5.41) is 3.12. The van der Waals surface area contributed by atoms with Crippen LogP contribution < -0.4 is 14.8 Å². The van der Waals surface area contributed by atoms with Gasteiger partial charge in [0, 0.05) is 30.4 Å². The van der Waals surface area contributed by atoms with Crippen LogP contribution in [0.5, 0.6) is 17.2 Å². The number of nitrogens with one attached hydrogen (secondary N) is 1. The lowest BCUT2D eigenvalue weighted by molar-refractivity contribution is 0.416. The van der Waals surface area contributed by atoms with E-state index in [1.54, 1.807) is 30.6 Å². The van der Waals surface area contributed by atoms with Crippen LogP contribution in [0.4, 0.5) is 11.5 Å². The SMILES string of the molecule is COc1ccc(S(C)(=O)=O)cc1Nc1cc(Oc2cc(C)c(C)nc2-c2ccccn2)ccn1. The number of ether oxygens (including phenoxy) is 2. The molecule has 1 N–H and O–H groups in total. The highest BCUT2D eigenvalue weighted by molar-refractivity contribution is 7.90. The zero-order valence-electron chi connectivity index (χ0n) is 19.2. The fourth-order valence-corrected chi connectivity index (χ4v) is 3.92. The van der Waals surface area contributed by atoms with Crippen molar-refractivity contribution in [2.75, 3.05) is 18.7 Å². The van der Waals surface area contributed by atoms with E-state index in [0.717, 1.165) is 17.5 Å². The van der Waals surface area contributed by atoms with E-state index in [9.17, 15) is 8.42 Å². The molecule has 0 saturated carbocycles. The number of sulfone groups is 1. The van der Waals surface area contributed by atoms with Crippen LogP contribution in [-0.2, 0) is 9.84 Å². The van der Waals surface area contributed by atoms with Crippen molar-refractivity contribution in [3.8, 4) is 28.6 Å². The lowest BCUT2D eigenvalue weighted by Crippen LogP contribution is -2.02. The van der Waals surface area contributed by atoms with E-state index < -0.39 is 9.84 Å². The van der Waals surface area contributed by atoms with Gasteiger partial charge in [0.15, 0.2) is 15.6 Å². The van der Waals surface area contributed by atoms with Gasteiger partial charge in [0.05, 0.1) is 23.4 Å². The third-order valence-electron chi connectivity index (χ3n) is 5.16. The Bertz CT molecular complexity index is 1440. The Labute approximate surface area is 198 Å². The second kappa shape index (κ2) is 9.48. The van der Waals surface area contributed by atoms with Crippen molar-refractivity contribution in [3.63, 3.8) is 0 Å². The molecular weight excluding hydrogens is 452 g/mol. The second-order valence-electron chi connectivity index (χ2n) is 7.69. The lowest BCUT2D eigenvalue weighted by Gasteiger charge is -2.15. The molecule has 4 rings (SSSR count). The predicted molar refractivity (Wildman–Crippen MR) is 131 cm³/mol. The summed E-state index contributed by atoms with van der Waals surface area (Å²) in [6.45, 7) is 3.91. The first-order chi connectivity index (χ1) is 16.2. The largest absolute Gasteiger partial charge is 0.495 e. The number of benzene rings is 1. The molecule has 0 aliphatic rings. The van der Waals surface area contributed by atoms with Crippen molar-refractivity contribution in [1.29, 1.82) is 0 Å². The van der Waals surface area contributed by atoms with Crippen molar-refractivity contribution in [2.45, 2.75) is 18.7 Å². The number of hydrogen-bond donors (Lipinski definition) is 1. The minimum absolute atomic E-state index is 0.171. The first-order valence-electron chi connectivity index (χ1n) is 10.4. The van der Waals surface area contributed by atoms with Crippen LogP contribution in [0.2, 0.25) is 0 Å². The molecule has 8 nitrogen and oxygen atoms in total. The Hall–Kier alpha value is -3.98. The fraction of sp³-hybridized carbons (Fsp3) is 0.160. The second-order valence-corrected chi connectivity index (χ2v) is 9.71. The van der Waals surface area contributed by atoms with E-state index in [1.165, 1.54) is 19.2 Å². The molecule has 1 aromatic carbocycles. The summed E-state index contributed by atoms with van der Waals surface area (Å²) in [4.78, 5) is 13.6. The highest BCUT2D eigenvalue weighted by atomic mass is 32.2. The van der Waals surface area contributed by atoms with Crippen LogP contribution in [-0.4, -0.2) is 36.7 Å². The van der Waals surface area contributed by atoms with Crippen molar-refractivity contribution in [1.82, 2.24) is 15.0 Å². The molecule has 0 amide bonds. The standard InChI is InChI=1S/C25H24N4O4S/c1-16-13-23(25(28-17(16)2)20-7-5-6-11-26-20)33-18-10-12-27-24(14-18)29-21-15-19(34(4,30)31)8-9-22(21)32-3/h5-15H,1-4H3,(H,27,29). The predicted octanol–water partition coefficient (Wildman–Crippen LogP) is 5.10. The van der Waals surface area contributed by atoms with Gasteiger partial charge in [-0.25, -0.2) is 18.4 Å². The highest BCUT2D eigenvalue weighted by Gasteiger charge is 2.15. The minimum atomic E-state index is -3.38. The number of methoxy groups -OCH3 is 1. The van der Waals surface area contributed by atoms with Crippen LogP contribution in [0.15, 0.2) is 71.9 Å². The zero-order valence-corrected chi connectivity index (χ0v) is 20.1. The number of aryl methyl sites for hydroxylation is 2. The third-order valence-corrected chi connectivity index (χ3v) is 6.27. The molecule has 0 fully saturated rings. The number of anilines is 2. The summed E-state index contributed by atoms with van der Waals surface area (Å²) in [5.41, 5.74) is 3.69. The van der Waals surface area contributed by atoms with Crippen LogP contribution in [0, 0.1) is 13.8 Å². The number of rotatable bonds is 7. The van der Waals surface area contributed by atoms with E-state index in [1.807, 2.05) is 38.1 Å². The van der Waals surface area contributed by atoms with Crippen LogP contribution in [0.1, 0.15) is 11.3 Å². The molecule has 34 heavy (non-hydrogen) atoms. The van der Waals surface area contributed by atoms with Gasteiger partial charge in [0.1, 0.15) is 23.0 Å². The first kappa shape index (κ1) is 23.2. The molecule has 3 heterocycles. The Morgan fingerprint density at radius 3 is 2.44 bits per heavy atom. The third kappa shape index (κ3) is 5.15. The quantitative estimate of drug-likeness (QED) is 0.393. The van der Waals surface area contributed by atoms with E-state index in [0.29, 0.717) is 40.1 Å². The maximum absolute atomic E-state index is 12.0. The fourth-order valence-electron chi connectivity index (χ4n) is 3.27. The smallest absolute Gasteiger partial charge is 0.175 e. The van der Waals surface area contributed by atoms with E-state index in [2.05, 4.69) is 15.3 Å². The first-order valence-corrected chi connectivity index (χ1v) is 12.3. The van der Waals surface area contributed by atoms with Crippen molar-refractivity contribution < 1.29 is 17.9 Å². The summed E-state index contributed by atoms with van der Waals surface area (Å²) in [6.07, 6.45) is 4.46. The number of aromatic nitrogens is 3. The minimum Gasteiger partial charge on any atom is -0.495 e. The Kier molecular flexibility index (Phi) is 6.47. The van der Waals surface area contributed by atoms with Gasteiger partial charge in [0.25, 0.3) is 0 Å². The summed E-state index contributed by atoms with van der Waals surface area (Å²) in [6, 6.07) is 15.6. The van der Waals surface area contributed by atoms with Crippen LogP contribution in [0.25, 0.3) is 11.4 Å². The molecule has 0 saturated heterocycles. The normalized spacial score (nSPS) is 11.2. The van der Waals surface area contributed by atoms with Gasteiger partial charge >= 0.3 is 0 Å². The summed E-state index contributed by atoms with van der Waals surface area (Å²) in [7, 11) is -1.87. The molecule has 174 valence electrons. The average Bonchev–Trinajstić information content (AvgIpc) is 2.81. The topological polar surface area (TPSA) is 103 Å². The molecule has 0 atom stereocenters. The molecular formula is C25H24N4O4S. The van der Waals surface area contributed by atoms with E-state index >= 15 is 0 Å². The van der Waals surface area contributed by atoms with Gasteiger partial charge in [-0.1, -0.05) is 6.07 Å². The highest BCUT2D eigenvalue weighted by Crippen LogP contribution is 2.34. The Balaban J connectivity index is 1.67. The van der Waals surface area contributed by atoms with Crippen molar-refractivity contribution in [3.05, 3.63) is 78.2 Å². The van der Waals surface area contributed by atoms with Crippen molar-refractivity contribution in [2.24, 2.45) is 0 Å². The number of hydrogen-bond acceptors (Lipinski definition) is 8. The molecule has 0 unspecified atom stereocenters. The Morgan fingerprint density at radius 2 is 1.74 bits per heavy atom. The summed E-state index contributed by atoms with van der Waals surface area (Å²) in [5.74, 6) is 2.03. The molecule has 0 aliphatic heterocycles. The molecule has 0 spiro atoms. The van der Waals surface area contributed by atoms with Gasteiger partial charge in [-0.3, -0.25) is 4.98 Å². The molecule has 3 aromatic heterocycles. The molecule has 0 radical (unpaired) electrons. The molecule has 0 aliphatic carbocycles. The number of pyridine rings is 3.